The standard InChI is InChI=1S/C18H22N4O2/c1-21-17(23)11-10-15(20-21)18(24)22(16-9-5-6-12-19-16)13-14-7-3-2-4-8-14/h5-6,9-12,14H,2-4,7-8,13H2,1H3. The molecule has 1 saturated carbocycles. The summed E-state index contributed by atoms with van der Waals surface area (Å²) in [5.74, 6) is 0.899. The van der Waals surface area contributed by atoms with E-state index in [9.17, 15) is 9.59 Å². The molecule has 126 valence electrons. The molecule has 0 atom stereocenters. The number of rotatable bonds is 4. The van der Waals surface area contributed by atoms with Crippen molar-refractivity contribution in [2.45, 2.75) is 32.1 Å². The van der Waals surface area contributed by atoms with Crippen molar-refractivity contribution in [3.63, 3.8) is 0 Å². The van der Waals surface area contributed by atoms with E-state index in [4.69, 9.17) is 0 Å². The first-order chi connectivity index (χ1) is 11.6. The number of aromatic nitrogens is 3. The molecule has 0 aromatic carbocycles. The van der Waals surface area contributed by atoms with Crippen molar-refractivity contribution in [3.8, 4) is 0 Å². The molecule has 0 N–H and O–H groups in total. The van der Waals surface area contributed by atoms with Gasteiger partial charge in [-0.05, 0) is 37.0 Å². The fourth-order valence-electron chi connectivity index (χ4n) is 3.18. The largest absolute Gasteiger partial charge is 0.291 e. The summed E-state index contributed by atoms with van der Waals surface area (Å²) in [4.78, 5) is 30.5. The van der Waals surface area contributed by atoms with Crippen molar-refractivity contribution in [1.29, 1.82) is 0 Å². The molecule has 0 aliphatic heterocycles. The summed E-state index contributed by atoms with van der Waals surface area (Å²) >= 11 is 0. The number of aryl methyl sites for hydroxylation is 1. The number of pyridine rings is 1. The maximum Gasteiger partial charge on any atom is 0.279 e. The van der Waals surface area contributed by atoms with Gasteiger partial charge in [0.15, 0.2) is 0 Å². The molecule has 0 bridgehead atoms. The maximum atomic E-state index is 13.0. The highest BCUT2D eigenvalue weighted by Gasteiger charge is 2.25. The smallest absolute Gasteiger partial charge is 0.279 e. The van der Waals surface area contributed by atoms with Crippen molar-refractivity contribution in [3.05, 3.63) is 52.6 Å². The lowest BCUT2D eigenvalue weighted by molar-refractivity contribution is 0.0972. The van der Waals surface area contributed by atoms with Gasteiger partial charge in [-0.1, -0.05) is 25.3 Å². The quantitative estimate of drug-likeness (QED) is 0.865. The van der Waals surface area contributed by atoms with Gasteiger partial charge in [-0.25, -0.2) is 9.67 Å². The summed E-state index contributed by atoms with van der Waals surface area (Å²) in [5, 5.41) is 4.10. The molecule has 0 saturated heterocycles. The van der Waals surface area contributed by atoms with Crippen LogP contribution in [-0.2, 0) is 7.05 Å². The second-order valence-corrected chi connectivity index (χ2v) is 6.29. The fourth-order valence-corrected chi connectivity index (χ4v) is 3.18. The third-order valence-electron chi connectivity index (χ3n) is 4.52. The first kappa shape index (κ1) is 16.4. The van der Waals surface area contributed by atoms with Crippen LogP contribution < -0.4 is 10.5 Å². The van der Waals surface area contributed by atoms with E-state index in [2.05, 4.69) is 10.1 Å². The normalized spacial score (nSPS) is 15.2. The summed E-state index contributed by atoms with van der Waals surface area (Å²) in [5.41, 5.74) is 0.0294. The molecule has 6 heteroatoms. The highest BCUT2D eigenvalue weighted by atomic mass is 16.2. The summed E-state index contributed by atoms with van der Waals surface area (Å²) in [7, 11) is 1.55. The van der Waals surface area contributed by atoms with E-state index in [1.807, 2.05) is 18.2 Å². The Kier molecular flexibility index (Phi) is 5.03. The van der Waals surface area contributed by atoms with E-state index in [0.717, 1.165) is 12.8 Å². The molecule has 6 nitrogen and oxygen atoms in total. The van der Waals surface area contributed by atoms with Crippen LogP contribution in [0.1, 0.15) is 42.6 Å². The van der Waals surface area contributed by atoms with Crippen molar-refractivity contribution >= 4 is 11.7 Å². The lowest BCUT2D eigenvalue weighted by atomic mass is 9.89. The average Bonchev–Trinajstić information content (AvgIpc) is 2.63. The van der Waals surface area contributed by atoms with Crippen LogP contribution in [0.25, 0.3) is 0 Å². The number of carbonyl (C=O) groups is 1. The molecule has 0 unspecified atom stereocenters. The molecule has 0 radical (unpaired) electrons. The Labute approximate surface area is 141 Å². The van der Waals surface area contributed by atoms with Gasteiger partial charge in [0, 0.05) is 25.9 Å². The number of hydrogen-bond donors (Lipinski definition) is 0. The van der Waals surface area contributed by atoms with Crippen LogP contribution in [0.3, 0.4) is 0 Å². The van der Waals surface area contributed by atoms with Gasteiger partial charge in [-0.2, -0.15) is 5.10 Å². The summed E-state index contributed by atoms with van der Waals surface area (Å²) < 4.78 is 1.18. The molecule has 2 heterocycles. The van der Waals surface area contributed by atoms with E-state index in [-0.39, 0.29) is 17.2 Å². The van der Waals surface area contributed by atoms with Crippen molar-refractivity contribution in [2.24, 2.45) is 13.0 Å². The van der Waals surface area contributed by atoms with Crippen molar-refractivity contribution in [1.82, 2.24) is 14.8 Å². The van der Waals surface area contributed by atoms with E-state index in [1.165, 1.54) is 36.1 Å². The first-order valence-corrected chi connectivity index (χ1v) is 8.42. The Morgan fingerprint density at radius 3 is 2.67 bits per heavy atom. The zero-order valence-corrected chi connectivity index (χ0v) is 13.9. The Morgan fingerprint density at radius 1 is 1.21 bits per heavy atom. The van der Waals surface area contributed by atoms with Gasteiger partial charge >= 0.3 is 0 Å². The Morgan fingerprint density at radius 2 is 2.00 bits per heavy atom. The zero-order chi connectivity index (χ0) is 16.9. The van der Waals surface area contributed by atoms with Gasteiger partial charge < -0.3 is 0 Å². The molecule has 2 aromatic heterocycles. The lowest BCUT2D eigenvalue weighted by Crippen LogP contribution is -2.38. The second-order valence-electron chi connectivity index (χ2n) is 6.29. The molecule has 1 fully saturated rings. The van der Waals surface area contributed by atoms with Crippen LogP contribution in [-0.4, -0.2) is 27.2 Å². The van der Waals surface area contributed by atoms with E-state index >= 15 is 0 Å². The Bertz CT molecular complexity index is 751. The monoisotopic (exact) mass is 326 g/mol. The highest BCUT2D eigenvalue weighted by Crippen LogP contribution is 2.26. The van der Waals surface area contributed by atoms with Gasteiger partial charge in [-0.3, -0.25) is 14.5 Å². The average molecular weight is 326 g/mol. The minimum absolute atomic E-state index is 0.213. The summed E-state index contributed by atoms with van der Waals surface area (Å²) in [6.45, 7) is 0.639. The highest BCUT2D eigenvalue weighted by molar-refractivity contribution is 6.04. The number of hydrogen-bond acceptors (Lipinski definition) is 4. The van der Waals surface area contributed by atoms with Crippen LogP contribution in [0, 0.1) is 5.92 Å². The van der Waals surface area contributed by atoms with Gasteiger partial charge in [0.2, 0.25) is 0 Å². The number of amides is 1. The third-order valence-corrected chi connectivity index (χ3v) is 4.52. The Balaban J connectivity index is 1.89. The minimum atomic E-state index is -0.233. The van der Waals surface area contributed by atoms with Gasteiger partial charge in [0.1, 0.15) is 11.5 Å². The topological polar surface area (TPSA) is 68.1 Å². The molecular weight excluding hydrogens is 304 g/mol. The molecule has 24 heavy (non-hydrogen) atoms. The maximum absolute atomic E-state index is 13.0. The molecule has 0 spiro atoms. The van der Waals surface area contributed by atoms with E-state index in [1.54, 1.807) is 18.1 Å². The predicted octanol–water partition coefficient (Wildman–Crippen LogP) is 2.40. The molecule has 1 aliphatic carbocycles. The van der Waals surface area contributed by atoms with Crippen LogP contribution in [0.5, 0.6) is 0 Å². The van der Waals surface area contributed by atoms with Gasteiger partial charge in [-0.15, -0.1) is 0 Å². The van der Waals surface area contributed by atoms with Gasteiger partial charge in [0.25, 0.3) is 11.5 Å². The van der Waals surface area contributed by atoms with E-state index < -0.39 is 0 Å². The first-order valence-electron chi connectivity index (χ1n) is 8.42. The zero-order valence-electron chi connectivity index (χ0n) is 13.9. The lowest BCUT2D eigenvalue weighted by Gasteiger charge is -2.29. The molecular formula is C18H22N4O2. The molecule has 3 rings (SSSR count). The molecule has 1 amide bonds. The van der Waals surface area contributed by atoms with E-state index in [0.29, 0.717) is 18.3 Å². The number of anilines is 1. The predicted molar refractivity (Wildman–Crippen MR) is 92.0 cm³/mol. The van der Waals surface area contributed by atoms with Crippen molar-refractivity contribution in [2.75, 3.05) is 11.4 Å². The van der Waals surface area contributed by atoms with Gasteiger partial charge in [0.05, 0.1) is 0 Å². The van der Waals surface area contributed by atoms with Crippen molar-refractivity contribution < 1.29 is 4.79 Å². The summed E-state index contributed by atoms with van der Waals surface area (Å²) in [6.07, 6.45) is 7.66. The fraction of sp³-hybridized carbons (Fsp3) is 0.444. The molecule has 1 aliphatic rings. The van der Waals surface area contributed by atoms with Crippen LogP contribution in [0.4, 0.5) is 5.82 Å². The Hall–Kier alpha value is -2.50. The second kappa shape index (κ2) is 7.38. The van der Waals surface area contributed by atoms with Crippen LogP contribution >= 0.6 is 0 Å². The van der Waals surface area contributed by atoms with Crippen LogP contribution in [0.2, 0.25) is 0 Å². The SMILES string of the molecule is Cn1nc(C(=O)N(CC2CCCCC2)c2ccccn2)ccc1=O. The number of carbonyl (C=O) groups excluding carboxylic acids is 1. The van der Waals surface area contributed by atoms with Crippen LogP contribution in [0.15, 0.2) is 41.3 Å². The minimum Gasteiger partial charge on any atom is -0.291 e. The summed E-state index contributed by atoms with van der Waals surface area (Å²) in [6, 6.07) is 8.40. The number of nitrogens with zero attached hydrogens (tertiary/aromatic N) is 4. The molecule has 2 aromatic rings. The third kappa shape index (κ3) is 3.69.